The lowest BCUT2D eigenvalue weighted by Crippen LogP contribution is -2.41. The van der Waals surface area contributed by atoms with Gasteiger partial charge in [-0.15, -0.1) is 0 Å². The molecule has 0 atom stereocenters. The molecule has 5 amide bonds. The van der Waals surface area contributed by atoms with Crippen LogP contribution in [0.15, 0.2) is 65.3 Å². The van der Waals surface area contributed by atoms with E-state index in [0.29, 0.717) is 5.76 Å². The number of hydrogen-bond acceptors (Lipinski definition) is 7. The third-order valence-electron chi connectivity index (χ3n) is 4.81. The van der Waals surface area contributed by atoms with E-state index in [2.05, 4.69) is 5.32 Å². The highest BCUT2D eigenvalue weighted by molar-refractivity contribution is 6.39. The molecule has 10 nitrogen and oxygen atoms in total. The molecule has 2 heterocycles. The van der Waals surface area contributed by atoms with Gasteiger partial charge in [0.1, 0.15) is 5.76 Å². The highest BCUT2D eigenvalue weighted by atomic mass is 35.5. The Morgan fingerprint density at radius 3 is 2.47 bits per heavy atom. The van der Waals surface area contributed by atoms with Crippen molar-refractivity contribution in [2.45, 2.75) is 6.54 Å². The molecular weight excluding hydrogens is 466 g/mol. The Balaban J connectivity index is 1.36. The van der Waals surface area contributed by atoms with Gasteiger partial charge in [0.15, 0.2) is 6.61 Å². The Bertz CT molecular complexity index is 1300. The van der Waals surface area contributed by atoms with Crippen molar-refractivity contribution in [1.82, 2.24) is 10.6 Å². The first kappa shape index (κ1) is 22.7. The van der Waals surface area contributed by atoms with Crippen LogP contribution >= 0.6 is 11.6 Å². The van der Waals surface area contributed by atoms with E-state index in [0.717, 1.165) is 4.90 Å². The van der Waals surface area contributed by atoms with Crippen molar-refractivity contribution in [2.24, 2.45) is 0 Å². The fraction of sp³-hybridized carbons (Fsp3) is 0.0870. The number of nitrogens with zero attached hydrogens (tertiary/aromatic N) is 1. The zero-order chi connectivity index (χ0) is 24.2. The topological polar surface area (TPSA) is 135 Å². The molecule has 0 aliphatic carbocycles. The highest BCUT2D eigenvalue weighted by Crippen LogP contribution is 2.33. The molecule has 0 radical (unpaired) electrons. The second-order valence-electron chi connectivity index (χ2n) is 7.04. The normalized spacial score (nSPS) is 12.3. The number of benzene rings is 2. The number of carbonyl (C=O) groups excluding carboxylic acids is 5. The first-order chi connectivity index (χ1) is 16.3. The number of furan rings is 1. The van der Waals surface area contributed by atoms with E-state index in [1.54, 1.807) is 30.3 Å². The van der Waals surface area contributed by atoms with E-state index in [-0.39, 0.29) is 33.9 Å². The second kappa shape index (κ2) is 9.59. The van der Waals surface area contributed by atoms with Crippen molar-refractivity contribution in [3.05, 3.63) is 88.3 Å². The summed E-state index contributed by atoms with van der Waals surface area (Å²) in [6.07, 6.45) is 1.44. The standard InChI is InChI=1S/C23H16ClN3O7/c24-17-5-1-2-6-18(17)27-20(29)15-8-7-13(10-16(15)21(27)30)22(31)34-12-19(28)26-23(32)25-11-14-4-3-9-33-14/h1-10H,11-12H2,(H2,25,26,28,32). The number of rotatable bonds is 6. The van der Waals surface area contributed by atoms with E-state index in [4.69, 9.17) is 20.8 Å². The number of anilines is 1. The van der Waals surface area contributed by atoms with Crippen LogP contribution in [0.5, 0.6) is 0 Å². The van der Waals surface area contributed by atoms with Gasteiger partial charge in [0, 0.05) is 0 Å². The van der Waals surface area contributed by atoms with Crippen LogP contribution in [-0.2, 0) is 16.1 Å². The number of nitrogens with one attached hydrogen (secondary N) is 2. The van der Waals surface area contributed by atoms with Crippen LogP contribution in [-0.4, -0.2) is 36.3 Å². The maximum absolute atomic E-state index is 12.8. The van der Waals surface area contributed by atoms with E-state index in [9.17, 15) is 24.0 Å². The smallest absolute Gasteiger partial charge is 0.338 e. The first-order valence-electron chi connectivity index (χ1n) is 9.89. The zero-order valence-electron chi connectivity index (χ0n) is 17.4. The minimum Gasteiger partial charge on any atom is -0.467 e. The number of imide groups is 2. The van der Waals surface area contributed by atoms with Crippen molar-refractivity contribution in [3.63, 3.8) is 0 Å². The van der Waals surface area contributed by atoms with Gasteiger partial charge in [0.2, 0.25) is 0 Å². The Morgan fingerprint density at radius 1 is 0.971 bits per heavy atom. The molecule has 0 spiro atoms. The monoisotopic (exact) mass is 481 g/mol. The van der Waals surface area contributed by atoms with Gasteiger partial charge >= 0.3 is 12.0 Å². The lowest BCUT2D eigenvalue weighted by Gasteiger charge is -2.15. The largest absolute Gasteiger partial charge is 0.467 e. The van der Waals surface area contributed by atoms with Crippen molar-refractivity contribution in [2.75, 3.05) is 11.5 Å². The lowest BCUT2D eigenvalue weighted by atomic mass is 10.1. The van der Waals surface area contributed by atoms with Gasteiger partial charge in [0.25, 0.3) is 17.7 Å². The molecule has 0 bridgehead atoms. The van der Waals surface area contributed by atoms with Crippen LogP contribution in [0.3, 0.4) is 0 Å². The Labute approximate surface area is 197 Å². The average Bonchev–Trinajstić information content (AvgIpc) is 3.43. The minimum absolute atomic E-state index is 0.00104. The molecule has 34 heavy (non-hydrogen) atoms. The number of halogens is 1. The fourth-order valence-corrected chi connectivity index (χ4v) is 3.44. The summed E-state index contributed by atoms with van der Waals surface area (Å²) in [5.74, 6) is -2.50. The number of hydrogen-bond donors (Lipinski definition) is 2. The van der Waals surface area contributed by atoms with Crippen molar-refractivity contribution in [3.8, 4) is 0 Å². The Morgan fingerprint density at radius 2 is 1.74 bits per heavy atom. The number of amides is 5. The molecule has 2 aromatic carbocycles. The van der Waals surface area contributed by atoms with Crippen LogP contribution in [0, 0.1) is 0 Å². The predicted molar refractivity (Wildman–Crippen MR) is 118 cm³/mol. The summed E-state index contributed by atoms with van der Waals surface area (Å²) in [5, 5.41) is 4.63. The number of carbonyl (C=O) groups is 5. The minimum atomic E-state index is -0.912. The Hall–Kier alpha value is -4.44. The van der Waals surface area contributed by atoms with E-state index >= 15 is 0 Å². The fourth-order valence-electron chi connectivity index (χ4n) is 3.22. The second-order valence-corrected chi connectivity index (χ2v) is 7.45. The number of urea groups is 1. The molecule has 172 valence electrons. The number of ether oxygens (including phenoxy) is 1. The molecule has 1 aromatic heterocycles. The number of fused-ring (bicyclic) bond motifs is 1. The van der Waals surface area contributed by atoms with Gasteiger partial charge in [-0.05, 0) is 42.5 Å². The maximum Gasteiger partial charge on any atom is 0.338 e. The molecule has 0 saturated heterocycles. The molecule has 1 aliphatic heterocycles. The molecule has 0 fully saturated rings. The summed E-state index contributed by atoms with van der Waals surface area (Å²) < 4.78 is 9.96. The molecule has 1 aliphatic rings. The molecular formula is C23H16ClN3O7. The van der Waals surface area contributed by atoms with Crippen molar-refractivity contribution < 1.29 is 33.1 Å². The first-order valence-corrected chi connectivity index (χ1v) is 10.3. The highest BCUT2D eigenvalue weighted by Gasteiger charge is 2.38. The lowest BCUT2D eigenvalue weighted by molar-refractivity contribution is -0.123. The van der Waals surface area contributed by atoms with Gasteiger partial charge < -0.3 is 14.5 Å². The molecule has 11 heteroatoms. The van der Waals surface area contributed by atoms with E-state index in [1.165, 1.54) is 30.5 Å². The number of para-hydroxylation sites is 1. The van der Waals surface area contributed by atoms with E-state index in [1.807, 2.05) is 5.32 Å². The van der Waals surface area contributed by atoms with Gasteiger partial charge in [-0.25, -0.2) is 14.5 Å². The third kappa shape index (κ3) is 4.66. The SMILES string of the molecule is O=C(COC(=O)c1ccc2c(c1)C(=O)N(c1ccccc1Cl)C2=O)NC(=O)NCc1ccco1. The molecule has 0 unspecified atom stereocenters. The molecule has 4 rings (SSSR count). The summed E-state index contributed by atoms with van der Waals surface area (Å²) in [6, 6.07) is 12.7. The third-order valence-corrected chi connectivity index (χ3v) is 5.13. The van der Waals surface area contributed by atoms with Gasteiger partial charge in [0.05, 0.1) is 40.2 Å². The van der Waals surface area contributed by atoms with Crippen LogP contribution in [0.2, 0.25) is 5.02 Å². The van der Waals surface area contributed by atoms with Crippen LogP contribution in [0.1, 0.15) is 36.8 Å². The van der Waals surface area contributed by atoms with Gasteiger partial charge in [-0.1, -0.05) is 23.7 Å². The summed E-state index contributed by atoms with van der Waals surface area (Å²) in [5.41, 5.74) is 0.283. The Kier molecular flexibility index (Phi) is 6.42. The van der Waals surface area contributed by atoms with Gasteiger partial charge in [-0.2, -0.15) is 0 Å². The van der Waals surface area contributed by atoms with Crippen LogP contribution in [0.4, 0.5) is 10.5 Å². The quantitative estimate of drug-likeness (QED) is 0.408. The molecule has 0 saturated carbocycles. The summed E-state index contributed by atoms with van der Waals surface area (Å²) in [6.45, 7) is -0.665. The van der Waals surface area contributed by atoms with E-state index < -0.39 is 36.3 Å². The van der Waals surface area contributed by atoms with Crippen LogP contribution in [0.25, 0.3) is 0 Å². The molecule has 2 N–H and O–H groups in total. The average molecular weight is 482 g/mol. The predicted octanol–water partition coefficient (Wildman–Crippen LogP) is 2.92. The summed E-state index contributed by atoms with van der Waals surface area (Å²) in [4.78, 5) is 62.5. The summed E-state index contributed by atoms with van der Waals surface area (Å²) in [7, 11) is 0. The number of esters is 1. The van der Waals surface area contributed by atoms with Crippen molar-refractivity contribution in [1.29, 1.82) is 0 Å². The van der Waals surface area contributed by atoms with Gasteiger partial charge in [-0.3, -0.25) is 19.7 Å². The summed E-state index contributed by atoms with van der Waals surface area (Å²) >= 11 is 6.12. The maximum atomic E-state index is 12.8. The molecule has 3 aromatic rings. The zero-order valence-corrected chi connectivity index (χ0v) is 18.1. The van der Waals surface area contributed by atoms with Crippen molar-refractivity contribution >= 4 is 47.0 Å². The van der Waals surface area contributed by atoms with Crippen LogP contribution < -0.4 is 15.5 Å².